The zero-order chi connectivity index (χ0) is 27.6. The summed E-state index contributed by atoms with van der Waals surface area (Å²) in [6, 6.07) is 19.6. The Balaban J connectivity index is 1.18. The predicted molar refractivity (Wildman–Crippen MR) is 154 cm³/mol. The van der Waals surface area contributed by atoms with Gasteiger partial charge in [-0.25, -0.2) is 19.7 Å². The van der Waals surface area contributed by atoms with Crippen LogP contribution in [0.1, 0.15) is 17.3 Å². The van der Waals surface area contributed by atoms with E-state index in [2.05, 4.69) is 26.2 Å². The monoisotopic (exact) mass is 614 g/mol. The molecule has 6 aromatic rings. The molecule has 0 bridgehead atoms. The van der Waals surface area contributed by atoms with Gasteiger partial charge in [-0.15, -0.1) is 11.3 Å². The van der Waals surface area contributed by atoms with E-state index in [0.29, 0.717) is 39.1 Å². The van der Waals surface area contributed by atoms with Gasteiger partial charge in [-0.2, -0.15) is 0 Å². The Morgan fingerprint density at radius 1 is 0.900 bits per heavy atom. The fourth-order valence-corrected chi connectivity index (χ4v) is 4.91. The second-order valence-electron chi connectivity index (χ2n) is 8.66. The van der Waals surface area contributed by atoms with Crippen LogP contribution < -0.4 is 5.32 Å². The first kappa shape index (κ1) is 25.7. The van der Waals surface area contributed by atoms with E-state index >= 15 is 0 Å². The third-order valence-corrected chi connectivity index (χ3v) is 7.22. The van der Waals surface area contributed by atoms with Crippen molar-refractivity contribution in [2.75, 3.05) is 5.32 Å². The maximum atomic E-state index is 12.9. The second-order valence-corrected chi connectivity index (χ2v) is 10.4. The van der Waals surface area contributed by atoms with Crippen LogP contribution in [0.15, 0.2) is 97.9 Å². The highest BCUT2D eigenvalue weighted by atomic mass is 79.9. The maximum absolute atomic E-state index is 12.9. The highest BCUT2D eigenvalue weighted by molar-refractivity contribution is 9.10. The lowest BCUT2D eigenvalue weighted by atomic mass is 10.1. The van der Waals surface area contributed by atoms with Crippen molar-refractivity contribution in [3.8, 4) is 34.2 Å². The summed E-state index contributed by atoms with van der Waals surface area (Å²) in [7, 11) is 0. The molecule has 0 aliphatic carbocycles. The van der Waals surface area contributed by atoms with Crippen LogP contribution in [0.4, 0.5) is 5.13 Å². The van der Waals surface area contributed by atoms with Crippen LogP contribution in [0, 0.1) is 0 Å². The molecule has 4 heterocycles. The van der Waals surface area contributed by atoms with Gasteiger partial charge in [0.2, 0.25) is 0 Å². The number of esters is 1. The minimum Gasteiger partial charge on any atom is -0.463 e. The molecule has 0 radical (unpaired) electrons. The number of carbonyl (C=O) groups is 2. The van der Waals surface area contributed by atoms with E-state index in [4.69, 9.17) is 23.5 Å². The van der Waals surface area contributed by atoms with Crippen molar-refractivity contribution in [2.24, 2.45) is 0 Å². The van der Waals surface area contributed by atoms with E-state index in [1.807, 2.05) is 29.6 Å². The molecule has 0 fully saturated rings. The molecule has 0 aliphatic heterocycles. The number of hydrogen-bond acceptors (Lipinski definition) is 9. The van der Waals surface area contributed by atoms with Crippen molar-refractivity contribution < 1.29 is 23.2 Å². The summed E-state index contributed by atoms with van der Waals surface area (Å²) in [4.78, 5) is 39.5. The number of nitrogens with one attached hydrogen (secondary N) is 1. The summed E-state index contributed by atoms with van der Waals surface area (Å²) < 4.78 is 17.5. The highest BCUT2D eigenvalue weighted by Gasteiger charge is 2.22. The van der Waals surface area contributed by atoms with Gasteiger partial charge >= 0.3 is 5.97 Å². The molecule has 9 nitrogen and oxygen atoms in total. The Morgan fingerprint density at radius 3 is 2.23 bits per heavy atom. The summed E-state index contributed by atoms with van der Waals surface area (Å²) >= 11 is 4.70. The quantitative estimate of drug-likeness (QED) is 0.187. The van der Waals surface area contributed by atoms with Crippen LogP contribution in [0.3, 0.4) is 0 Å². The first-order chi connectivity index (χ1) is 19.4. The average Bonchev–Trinajstić information content (AvgIpc) is 3.76. The van der Waals surface area contributed by atoms with Gasteiger partial charge in [0.15, 0.2) is 22.8 Å². The summed E-state index contributed by atoms with van der Waals surface area (Å²) in [6.07, 6.45) is 2.04. The summed E-state index contributed by atoms with van der Waals surface area (Å²) in [5, 5.41) is 4.97. The number of benzene rings is 2. The van der Waals surface area contributed by atoms with Gasteiger partial charge in [0.25, 0.3) is 5.91 Å². The van der Waals surface area contributed by atoms with Crippen LogP contribution in [0.2, 0.25) is 0 Å². The number of fused-ring (bicyclic) bond motifs is 1. The molecule has 1 N–H and O–H groups in total. The molecule has 198 valence electrons. The lowest BCUT2D eigenvalue weighted by molar-refractivity contribution is -0.123. The minimum atomic E-state index is -1.06. The van der Waals surface area contributed by atoms with Crippen molar-refractivity contribution in [2.45, 2.75) is 13.0 Å². The zero-order valence-corrected chi connectivity index (χ0v) is 23.2. The molecule has 40 heavy (non-hydrogen) atoms. The fourth-order valence-electron chi connectivity index (χ4n) is 3.93. The van der Waals surface area contributed by atoms with E-state index < -0.39 is 18.0 Å². The van der Waals surface area contributed by atoms with E-state index in [1.165, 1.54) is 18.3 Å². The SMILES string of the molecule is CC(OC(=O)c1ccc2nc(-c3ccco3)c(-c3ccco3)nc2c1)C(=O)Nc1nc(-c2ccc(Br)cc2)cs1. The highest BCUT2D eigenvalue weighted by Crippen LogP contribution is 2.32. The molecule has 1 amide bonds. The van der Waals surface area contributed by atoms with E-state index in [9.17, 15) is 9.59 Å². The van der Waals surface area contributed by atoms with Gasteiger partial charge in [-0.1, -0.05) is 28.1 Å². The second kappa shape index (κ2) is 10.9. The molecule has 4 aromatic heterocycles. The number of aromatic nitrogens is 3. The molecule has 11 heteroatoms. The maximum Gasteiger partial charge on any atom is 0.338 e. The first-order valence-electron chi connectivity index (χ1n) is 12.1. The number of nitrogens with zero attached hydrogens (tertiary/aromatic N) is 3. The Labute approximate surface area is 240 Å². The molecule has 2 aromatic carbocycles. The number of amides is 1. The molecule has 1 atom stereocenters. The normalized spacial score (nSPS) is 11.8. The third-order valence-electron chi connectivity index (χ3n) is 5.94. The van der Waals surface area contributed by atoms with Crippen LogP contribution in [-0.2, 0) is 9.53 Å². The molecular formula is C29H19BrN4O5S. The Kier molecular flexibility index (Phi) is 6.97. The van der Waals surface area contributed by atoms with Gasteiger partial charge in [0.1, 0.15) is 11.4 Å². The molecular weight excluding hydrogens is 596 g/mol. The number of halogens is 1. The lowest BCUT2D eigenvalue weighted by Crippen LogP contribution is -2.30. The molecule has 1 unspecified atom stereocenters. The molecule has 0 saturated heterocycles. The number of rotatable bonds is 7. The van der Waals surface area contributed by atoms with Crippen molar-refractivity contribution in [1.82, 2.24) is 15.0 Å². The van der Waals surface area contributed by atoms with Crippen molar-refractivity contribution in [1.29, 1.82) is 0 Å². The lowest BCUT2D eigenvalue weighted by Gasteiger charge is -2.13. The summed E-state index contributed by atoms with van der Waals surface area (Å²) in [6.45, 7) is 1.50. The van der Waals surface area contributed by atoms with Crippen molar-refractivity contribution in [3.05, 3.63) is 94.7 Å². The van der Waals surface area contributed by atoms with Gasteiger partial charge in [-0.05, 0) is 61.5 Å². The summed E-state index contributed by atoms with van der Waals surface area (Å²) in [5.41, 5.74) is 3.87. The van der Waals surface area contributed by atoms with Crippen LogP contribution in [-0.4, -0.2) is 32.9 Å². The van der Waals surface area contributed by atoms with Crippen LogP contribution >= 0.6 is 27.3 Å². The smallest absolute Gasteiger partial charge is 0.338 e. The standard InChI is InChI=1S/C29H19BrN4O5S/c1-16(27(35)34-29-33-22(15-40-29)17-6-9-19(30)10-7-17)39-28(36)18-8-11-20-21(14-18)32-26(24-5-3-13-38-24)25(31-20)23-4-2-12-37-23/h2-16H,1H3,(H,33,34,35). The third kappa shape index (κ3) is 5.29. The molecule has 6 rings (SSSR count). The average molecular weight is 615 g/mol. The number of anilines is 1. The summed E-state index contributed by atoms with van der Waals surface area (Å²) in [5.74, 6) is -0.123. The number of hydrogen-bond donors (Lipinski definition) is 1. The number of thiazole rings is 1. The largest absolute Gasteiger partial charge is 0.463 e. The molecule has 0 aliphatic rings. The topological polar surface area (TPSA) is 120 Å². The van der Waals surface area contributed by atoms with Crippen LogP contribution in [0.5, 0.6) is 0 Å². The number of ether oxygens (including phenoxy) is 1. The Hall–Kier alpha value is -4.61. The van der Waals surface area contributed by atoms with Crippen molar-refractivity contribution in [3.63, 3.8) is 0 Å². The molecule has 0 saturated carbocycles. The number of furan rings is 2. The predicted octanol–water partition coefficient (Wildman–Crippen LogP) is 7.22. The van der Waals surface area contributed by atoms with Gasteiger partial charge in [-0.3, -0.25) is 10.1 Å². The van der Waals surface area contributed by atoms with Crippen LogP contribution in [0.25, 0.3) is 45.2 Å². The molecule has 0 spiro atoms. The number of carbonyl (C=O) groups excluding carboxylic acids is 2. The van der Waals surface area contributed by atoms with E-state index in [-0.39, 0.29) is 5.56 Å². The van der Waals surface area contributed by atoms with E-state index in [1.54, 1.807) is 55.0 Å². The van der Waals surface area contributed by atoms with Gasteiger partial charge in [0, 0.05) is 15.4 Å². The van der Waals surface area contributed by atoms with Crippen molar-refractivity contribution >= 4 is 55.3 Å². The van der Waals surface area contributed by atoms with Gasteiger partial charge in [0.05, 0.1) is 34.8 Å². The fraction of sp³-hybridized carbons (Fsp3) is 0.0690. The first-order valence-corrected chi connectivity index (χ1v) is 13.7. The Bertz CT molecular complexity index is 1820. The zero-order valence-electron chi connectivity index (χ0n) is 20.8. The van der Waals surface area contributed by atoms with Gasteiger partial charge < -0.3 is 13.6 Å². The Morgan fingerprint density at radius 2 is 1.57 bits per heavy atom. The minimum absolute atomic E-state index is 0.226. The van der Waals surface area contributed by atoms with E-state index in [0.717, 1.165) is 15.7 Å².